The Balaban J connectivity index is 4.45. The summed E-state index contributed by atoms with van der Waals surface area (Å²) in [6.45, 7) is 4.11. The van der Waals surface area contributed by atoms with E-state index in [-0.39, 0.29) is 26.1 Å². The molecule has 0 fully saturated rings. The van der Waals surface area contributed by atoms with Gasteiger partial charge in [0.25, 0.3) is 0 Å². The van der Waals surface area contributed by atoms with Crippen molar-refractivity contribution in [3.05, 3.63) is 72.9 Å². The summed E-state index contributed by atoms with van der Waals surface area (Å²) in [6.07, 6.45) is 46.8. The Morgan fingerprint density at radius 2 is 1.04 bits per heavy atom. The van der Waals surface area contributed by atoms with Gasteiger partial charge in [-0.05, 0) is 65.5 Å². The maximum atomic E-state index is 12.6. The first-order valence-corrected chi connectivity index (χ1v) is 22.7. The summed E-state index contributed by atoms with van der Waals surface area (Å²) in [4.78, 5) is 36.9. The molecule has 0 saturated heterocycles. The number of phosphoric acid groups is 1. The topological polar surface area (TPSA) is 112 Å². The van der Waals surface area contributed by atoms with Crippen molar-refractivity contribution in [3.8, 4) is 0 Å². The monoisotopic (exact) mass is 792 g/mol. The largest absolute Gasteiger partial charge is 0.472 e. The first-order chi connectivity index (χ1) is 26.7. The highest BCUT2D eigenvalue weighted by Gasteiger charge is 2.26. The Hall–Kier alpha value is -2.55. The minimum atomic E-state index is -4.38. The van der Waals surface area contributed by atoms with Crippen LogP contribution in [0.2, 0.25) is 0 Å². The number of nitrogens with zero attached hydrogens (tertiary/aromatic N) is 1. The van der Waals surface area contributed by atoms with Crippen LogP contribution >= 0.6 is 7.82 Å². The van der Waals surface area contributed by atoms with Gasteiger partial charge < -0.3 is 19.3 Å². The SMILES string of the molecule is CCC=CCC=CCC=CCC=CCC=CCC=CCCC(=O)OC(COC(=O)CCCCCCCCCCCCCCC)COP(=O)(O)OCCN(C)C. The molecule has 55 heavy (non-hydrogen) atoms. The second-order valence-corrected chi connectivity index (χ2v) is 15.6. The van der Waals surface area contributed by atoms with E-state index in [2.05, 4.69) is 74.6 Å². The van der Waals surface area contributed by atoms with Crippen LogP contribution in [0.3, 0.4) is 0 Å². The standard InChI is InChI=1S/C45H78NO8P/c1-5-7-9-11-13-15-17-19-20-21-22-23-24-26-28-30-32-34-36-38-45(48)54-43(42-53-55(49,50)52-40-39-46(3)4)41-51-44(47)37-35-33-31-29-27-25-18-16-14-12-10-8-6-2/h7,9,13,15,19-20,22-23,26,28,32,34,43H,5-6,8,10-12,14,16-18,21,24-25,27,29-31,33,35-42H2,1-4H3,(H,49,50). The van der Waals surface area contributed by atoms with E-state index in [1.807, 2.05) is 26.2 Å². The van der Waals surface area contributed by atoms with Gasteiger partial charge in [-0.15, -0.1) is 0 Å². The van der Waals surface area contributed by atoms with E-state index in [4.69, 9.17) is 18.5 Å². The van der Waals surface area contributed by atoms with Gasteiger partial charge in [0.1, 0.15) is 6.61 Å². The Labute approximate surface area is 336 Å². The molecule has 1 N–H and O–H groups in total. The Kier molecular flexibility index (Phi) is 37.8. The second-order valence-electron chi connectivity index (χ2n) is 14.1. The van der Waals surface area contributed by atoms with Gasteiger partial charge in [-0.3, -0.25) is 18.6 Å². The number of carbonyl (C=O) groups excluding carboxylic acids is 2. The summed E-state index contributed by atoms with van der Waals surface area (Å²) in [7, 11) is -0.754. The average Bonchev–Trinajstić information content (AvgIpc) is 3.15. The lowest BCUT2D eigenvalue weighted by Gasteiger charge is -2.20. The molecule has 0 aromatic heterocycles. The minimum absolute atomic E-state index is 0.00863. The molecule has 0 amide bonds. The number of hydrogen-bond acceptors (Lipinski definition) is 8. The third kappa shape index (κ3) is 40.9. The summed E-state index contributed by atoms with van der Waals surface area (Å²) in [6, 6.07) is 0. The molecule has 10 heteroatoms. The lowest BCUT2D eigenvalue weighted by Crippen LogP contribution is -2.29. The van der Waals surface area contributed by atoms with Crippen molar-refractivity contribution in [2.24, 2.45) is 0 Å². The summed E-state index contributed by atoms with van der Waals surface area (Å²) in [5, 5.41) is 0. The summed E-state index contributed by atoms with van der Waals surface area (Å²) in [5.41, 5.74) is 0. The van der Waals surface area contributed by atoms with Gasteiger partial charge in [0.05, 0.1) is 13.2 Å². The number of ether oxygens (including phenoxy) is 2. The third-order valence-corrected chi connectivity index (χ3v) is 9.53. The average molecular weight is 792 g/mol. The molecule has 0 rings (SSSR count). The van der Waals surface area contributed by atoms with E-state index >= 15 is 0 Å². The van der Waals surface area contributed by atoms with Crippen molar-refractivity contribution >= 4 is 19.8 Å². The predicted octanol–water partition coefficient (Wildman–Crippen LogP) is 12.1. The number of esters is 2. The van der Waals surface area contributed by atoms with Crippen LogP contribution in [-0.4, -0.2) is 68.3 Å². The maximum Gasteiger partial charge on any atom is 0.472 e. The zero-order valence-electron chi connectivity index (χ0n) is 35.1. The lowest BCUT2D eigenvalue weighted by molar-refractivity contribution is -0.161. The van der Waals surface area contributed by atoms with Crippen molar-refractivity contribution in [1.82, 2.24) is 4.90 Å². The van der Waals surface area contributed by atoms with Crippen molar-refractivity contribution in [2.45, 2.75) is 161 Å². The molecule has 0 radical (unpaired) electrons. The molecule has 0 aromatic carbocycles. The number of unbranched alkanes of at least 4 members (excludes halogenated alkanes) is 12. The van der Waals surface area contributed by atoms with E-state index in [0.717, 1.165) is 57.8 Å². The molecule has 0 aliphatic carbocycles. The van der Waals surface area contributed by atoms with Crippen LogP contribution in [0.15, 0.2) is 72.9 Å². The summed E-state index contributed by atoms with van der Waals surface area (Å²) in [5.74, 6) is -0.904. The van der Waals surface area contributed by atoms with Crippen LogP contribution in [0.5, 0.6) is 0 Å². The normalized spacial score (nSPS) is 14.1. The Bertz CT molecular complexity index is 1140. The van der Waals surface area contributed by atoms with Crippen molar-refractivity contribution in [1.29, 1.82) is 0 Å². The molecular formula is C45H78NO8P. The van der Waals surface area contributed by atoms with Crippen LogP contribution in [0.4, 0.5) is 0 Å². The third-order valence-electron chi connectivity index (χ3n) is 8.54. The number of allylic oxidation sites excluding steroid dienone is 12. The minimum Gasteiger partial charge on any atom is -0.462 e. The van der Waals surface area contributed by atoms with Gasteiger partial charge in [0.2, 0.25) is 0 Å². The van der Waals surface area contributed by atoms with Crippen molar-refractivity contribution in [3.63, 3.8) is 0 Å². The molecular weight excluding hydrogens is 713 g/mol. The van der Waals surface area contributed by atoms with Crippen LogP contribution in [-0.2, 0) is 32.7 Å². The molecule has 0 aromatic rings. The van der Waals surface area contributed by atoms with Crippen LogP contribution < -0.4 is 0 Å². The van der Waals surface area contributed by atoms with Gasteiger partial charge in [-0.2, -0.15) is 0 Å². The quantitative estimate of drug-likeness (QED) is 0.0283. The molecule has 0 bridgehead atoms. The number of likely N-dealkylation sites (N-methyl/N-ethyl adjacent to an activating group) is 1. The van der Waals surface area contributed by atoms with Crippen LogP contribution in [0.1, 0.15) is 155 Å². The van der Waals surface area contributed by atoms with E-state index in [1.165, 1.54) is 64.2 Å². The molecule has 0 heterocycles. The highest BCUT2D eigenvalue weighted by molar-refractivity contribution is 7.47. The fourth-order valence-corrected chi connectivity index (χ4v) is 6.04. The van der Waals surface area contributed by atoms with Gasteiger partial charge in [-0.25, -0.2) is 4.57 Å². The second kappa shape index (κ2) is 39.7. The molecule has 2 unspecified atom stereocenters. The first kappa shape index (κ1) is 52.5. The lowest BCUT2D eigenvalue weighted by atomic mass is 10.0. The van der Waals surface area contributed by atoms with E-state index < -0.39 is 32.5 Å². The number of rotatable bonds is 38. The van der Waals surface area contributed by atoms with Gasteiger partial charge in [-0.1, -0.05) is 164 Å². The highest BCUT2D eigenvalue weighted by Crippen LogP contribution is 2.43. The van der Waals surface area contributed by atoms with E-state index in [0.29, 0.717) is 13.0 Å². The van der Waals surface area contributed by atoms with Gasteiger partial charge in [0.15, 0.2) is 6.10 Å². The smallest absolute Gasteiger partial charge is 0.462 e. The van der Waals surface area contributed by atoms with E-state index in [1.54, 1.807) is 4.90 Å². The molecule has 0 saturated carbocycles. The zero-order valence-corrected chi connectivity index (χ0v) is 36.0. The van der Waals surface area contributed by atoms with Crippen molar-refractivity contribution < 1.29 is 37.6 Å². The van der Waals surface area contributed by atoms with Gasteiger partial charge >= 0.3 is 19.8 Å². The fraction of sp³-hybridized carbons (Fsp3) is 0.689. The Morgan fingerprint density at radius 1 is 0.582 bits per heavy atom. The molecule has 9 nitrogen and oxygen atoms in total. The summed E-state index contributed by atoms with van der Waals surface area (Å²) >= 11 is 0. The molecule has 2 atom stereocenters. The van der Waals surface area contributed by atoms with Crippen molar-refractivity contribution in [2.75, 3.05) is 40.5 Å². The van der Waals surface area contributed by atoms with Crippen LogP contribution in [0.25, 0.3) is 0 Å². The molecule has 0 aliphatic heterocycles. The van der Waals surface area contributed by atoms with E-state index in [9.17, 15) is 19.0 Å². The molecule has 0 aliphatic rings. The van der Waals surface area contributed by atoms with Crippen LogP contribution in [0, 0.1) is 0 Å². The maximum absolute atomic E-state index is 12.6. The number of hydrogen-bond donors (Lipinski definition) is 1. The first-order valence-electron chi connectivity index (χ1n) is 21.2. The Morgan fingerprint density at radius 3 is 1.51 bits per heavy atom. The fourth-order valence-electron chi connectivity index (χ4n) is 5.30. The highest BCUT2D eigenvalue weighted by atomic mass is 31.2. The molecule has 0 spiro atoms. The number of phosphoric ester groups is 1. The predicted molar refractivity (Wildman–Crippen MR) is 229 cm³/mol. The summed E-state index contributed by atoms with van der Waals surface area (Å²) < 4.78 is 33.3. The molecule has 316 valence electrons. The zero-order chi connectivity index (χ0) is 40.5. The number of carbonyl (C=O) groups is 2. The van der Waals surface area contributed by atoms with Gasteiger partial charge in [0, 0.05) is 19.4 Å².